The Morgan fingerprint density at radius 1 is 1.04 bits per heavy atom. The van der Waals surface area contributed by atoms with E-state index in [-0.39, 0.29) is 12.5 Å². The van der Waals surface area contributed by atoms with Crippen LogP contribution < -0.4 is 5.73 Å². The van der Waals surface area contributed by atoms with E-state index in [1.807, 2.05) is 59.5 Å². The number of fused-ring (bicyclic) bond motifs is 1. The summed E-state index contributed by atoms with van der Waals surface area (Å²) in [6, 6.07) is 17.4. The van der Waals surface area contributed by atoms with E-state index in [1.54, 1.807) is 0 Å². The molecular formula is C21H22N4O2. The van der Waals surface area contributed by atoms with E-state index >= 15 is 0 Å². The predicted molar refractivity (Wildman–Crippen MR) is 103 cm³/mol. The van der Waals surface area contributed by atoms with Crippen LogP contribution in [0.15, 0.2) is 59.7 Å². The van der Waals surface area contributed by atoms with Crippen LogP contribution in [-0.2, 0) is 22.6 Å². The van der Waals surface area contributed by atoms with Gasteiger partial charge in [0.25, 0.3) is 5.91 Å². The highest BCUT2D eigenvalue weighted by Gasteiger charge is 2.33. The minimum atomic E-state index is -0.468. The number of hydrazone groups is 1. The topological polar surface area (TPSA) is 79.0 Å². The third-order valence-corrected chi connectivity index (χ3v) is 5.21. The third-order valence-electron chi connectivity index (χ3n) is 5.21. The molecule has 27 heavy (non-hydrogen) atoms. The Kier molecular flexibility index (Phi) is 4.73. The lowest BCUT2D eigenvalue weighted by molar-refractivity contribution is -0.134. The Bertz CT molecular complexity index is 894. The van der Waals surface area contributed by atoms with Gasteiger partial charge in [-0.25, -0.2) is 5.01 Å². The Balaban J connectivity index is 1.49. The van der Waals surface area contributed by atoms with E-state index in [2.05, 4.69) is 5.10 Å². The fourth-order valence-corrected chi connectivity index (χ4v) is 3.75. The van der Waals surface area contributed by atoms with E-state index in [0.717, 1.165) is 28.8 Å². The molecule has 0 bridgehead atoms. The molecule has 2 aromatic carbocycles. The molecule has 0 spiro atoms. The van der Waals surface area contributed by atoms with Crippen molar-refractivity contribution in [1.29, 1.82) is 0 Å². The molecule has 0 saturated carbocycles. The van der Waals surface area contributed by atoms with Crippen LogP contribution in [0.4, 0.5) is 0 Å². The van der Waals surface area contributed by atoms with Crippen LogP contribution >= 0.6 is 0 Å². The van der Waals surface area contributed by atoms with Crippen LogP contribution in [0.25, 0.3) is 0 Å². The second kappa shape index (κ2) is 7.32. The van der Waals surface area contributed by atoms with Crippen LogP contribution in [0, 0.1) is 0 Å². The summed E-state index contributed by atoms with van der Waals surface area (Å²) in [7, 11) is 0. The number of nitrogens with zero attached hydrogens (tertiary/aromatic N) is 3. The average molecular weight is 362 g/mol. The highest BCUT2D eigenvalue weighted by atomic mass is 16.2. The Hall–Kier alpha value is -2.99. The first-order valence-electron chi connectivity index (χ1n) is 9.15. The maximum atomic E-state index is 12.8. The summed E-state index contributed by atoms with van der Waals surface area (Å²) in [6.45, 7) is 1.24. The van der Waals surface area contributed by atoms with Crippen molar-refractivity contribution in [2.45, 2.75) is 25.4 Å². The van der Waals surface area contributed by atoms with Gasteiger partial charge in [-0.1, -0.05) is 54.6 Å². The summed E-state index contributed by atoms with van der Waals surface area (Å²) in [5.41, 5.74) is 9.82. The van der Waals surface area contributed by atoms with E-state index in [0.29, 0.717) is 19.5 Å². The molecule has 0 aromatic heterocycles. The van der Waals surface area contributed by atoms with Gasteiger partial charge in [-0.05, 0) is 23.1 Å². The van der Waals surface area contributed by atoms with Gasteiger partial charge in [-0.15, -0.1) is 0 Å². The molecule has 2 aliphatic heterocycles. The molecule has 0 fully saturated rings. The summed E-state index contributed by atoms with van der Waals surface area (Å²) in [4.78, 5) is 26.6. The van der Waals surface area contributed by atoms with Crippen molar-refractivity contribution in [3.8, 4) is 0 Å². The summed E-state index contributed by atoms with van der Waals surface area (Å²) >= 11 is 0. The van der Waals surface area contributed by atoms with Crippen LogP contribution in [0.5, 0.6) is 0 Å². The van der Waals surface area contributed by atoms with Gasteiger partial charge in [0.2, 0.25) is 5.91 Å². The molecular weight excluding hydrogens is 340 g/mol. The molecule has 2 N–H and O–H groups in total. The molecule has 2 amide bonds. The van der Waals surface area contributed by atoms with Gasteiger partial charge in [0.1, 0.15) is 0 Å². The maximum Gasteiger partial charge on any atom is 0.256 e. The van der Waals surface area contributed by atoms with Gasteiger partial charge < -0.3 is 5.73 Å². The second-order valence-corrected chi connectivity index (χ2v) is 6.98. The molecule has 2 aliphatic rings. The highest BCUT2D eigenvalue weighted by Crippen LogP contribution is 2.23. The van der Waals surface area contributed by atoms with Crippen molar-refractivity contribution in [3.05, 3.63) is 71.3 Å². The van der Waals surface area contributed by atoms with Crippen LogP contribution in [0.2, 0.25) is 0 Å². The Morgan fingerprint density at radius 2 is 1.74 bits per heavy atom. The van der Waals surface area contributed by atoms with Crippen molar-refractivity contribution in [2.75, 3.05) is 13.1 Å². The second-order valence-electron chi connectivity index (χ2n) is 6.98. The van der Waals surface area contributed by atoms with Crippen molar-refractivity contribution in [3.63, 3.8) is 0 Å². The van der Waals surface area contributed by atoms with Gasteiger partial charge in [0, 0.05) is 13.0 Å². The molecule has 0 unspecified atom stereocenters. The largest absolute Gasteiger partial charge is 0.368 e. The summed E-state index contributed by atoms with van der Waals surface area (Å²) < 4.78 is 0. The first-order valence-corrected chi connectivity index (χ1v) is 9.15. The predicted octanol–water partition coefficient (Wildman–Crippen LogP) is 1.54. The zero-order chi connectivity index (χ0) is 18.8. The van der Waals surface area contributed by atoms with Gasteiger partial charge >= 0.3 is 0 Å². The molecule has 2 heterocycles. The molecule has 4 rings (SSSR count). The molecule has 0 aliphatic carbocycles. The Morgan fingerprint density at radius 3 is 2.48 bits per heavy atom. The average Bonchev–Trinajstić information content (AvgIpc) is 3.18. The quantitative estimate of drug-likeness (QED) is 0.896. The SMILES string of the molecule is NC(=O)[C@@H]1Cc2ccccc2CN1CC(=O)N1CCC(c2ccccc2)=N1. The molecule has 0 saturated heterocycles. The molecule has 6 heteroatoms. The van der Waals surface area contributed by atoms with Crippen molar-refractivity contribution >= 4 is 17.5 Å². The number of benzene rings is 2. The first kappa shape index (κ1) is 17.4. The van der Waals surface area contributed by atoms with Gasteiger partial charge in [0.15, 0.2) is 0 Å². The van der Waals surface area contributed by atoms with Crippen LogP contribution in [-0.4, -0.2) is 46.6 Å². The third kappa shape index (κ3) is 3.61. The number of primary amides is 1. The van der Waals surface area contributed by atoms with E-state index in [1.165, 1.54) is 5.01 Å². The summed E-state index contributed by atoms with van der Waals surface area (Å²) in [6.07, 6.45) is 1.27. The smallest absolute Gasteiger partial charge is 0.256 e. The molecule has 2 aromatic rings. The lowest BCUT2D eigenvalue weighted by Crippen LogP contribution is -2.51. The Labute approximate surface area is 158 Å². The van der Waals surface area contributed by atoms with E-state index < -0.39 is 11.9 Å². The standard InChI is InChI=1S/C21H22N4O2/c22-21(27)19-12-16-8-4-5-9-17(16)13-24(19)14-20(26)25-11-10-18(23-25)15-6-2-1-3-7-15/h1-9,19H,10-14H2,(H2,22,27)/t19-/m0/s1. The minimum absolute atomic E-state index is 0.105. The number of carbonyl (C=O) groups is 2. The summed E-state index contributed by atoms with van der Waals surface area (Å²) in [5.74, 6) is -0.501. The fourth-order valence-electron chi connectivity index (χ4n) is 3.75. The van der Waals surface area contributed by atoms with E-state index in [4.69, 9.17) is 5.73 Å². The number of amides is 2. The number of nitrogens with two attached hydrogens (primary N) is 1. The van der Waals surface area contributed by atoms with Crippen LogP contribution in [0.3, 0.4) is 0 Å². The fraction of sp³-hybridized carbons (Fsp3) is 0.286. The zero-order valence-electron chi connectivity index (χ0n) is 15.0. The first-order chi connectivity index (χ1) is 13.1. The van der Waals surface area contributed by atoms with Crippen molar-refractivity contribution < 1.29 is 9.59 Å². The zero-order valence-corrected chi connectivity index (χ0v) is 15.0. The number of carbonyl (C=O) groups excluding carboxylic acids is 2. The normalized spacial score (nSPS) is 19.5. The lowest BCUT2D eigenvalue weighted by atomic mass is 9.93. The van der Waals surface area contributed by atoms with Crippen LogP contribution in [0.1, 0.15) is 23.1 Å². The number of hydrogen-bond donors (Lipinski definition) is 1. The van der Waals surface area contributed by atoms with Crippen molar-refractivity contribution in [2.24, 2.45) is 10.8 Å². The molecule has 1 atom stereocenters. The minimum Gasteiger partial charge on any atom is -0.368 e. The van der Waals surface area contributed by atoms with Gasteiger partial charge in [-0.3, -0.25) is 14.5 Å². The van der Waals surface area contributed by atoms with Crippen molar-refractivity contribution in [1.82, 2.24) is 9.91 Å². The highest BCUT2D eigenvalue weighted by molar-refractivity contribution is 6.02. The number of rotatable bonds is 4. The van der Waals surface area contributed by atoms with Gasteiger partial charge in [-0.2, -0.15) is 5.10 Å². The molecule has 6 nitrogen and oxygen atoms in total. The monoisotopic (exact) mass is 362 g/mol. The summed E-state index contributed by atoms with van der Waals surface area (Å²) in [5, 5.41) is 6.01. The number of hydrogen-bond acceptors (Lipinski definition) is 4. The maximum absolute atomic E-state index is 12.8. The molecule has 138 valence electrons. The van der Waals surface area contributed by atoms with Gasteiger partial charge in [0.05, 0.1) is 24.8 Å². The molecule has 0 radical (unpaired) electrons. The lowest BCUT2D eigenvalue weighted by Gasteiger charge is -2.34. The van der Waals surface area contributed by atoms with E-state index in [9.17, 15) is 9.59 Å².